The predicted octanol–water partition coefficient (Wildman–Crippen LogP) is 2.36. The van der Waals surface area contributed by atoms with Crippen LogP contribution in [0.1, 0.15) is 41.5 Å². The maximum atomic E-state index is 12.1. The monoisotopic (exact) mass is 368 g/mol. The normalized spacial score (nSPS) is 10.8. The minimum atomic E-state index is -0.608. The van der Waals surface area contributed by atoms with Crippen molar-refractivity contribution in [2.75, 3.05) is 17.2 Å². The Labute approximate surface area is 158 Å². The van der Waals surface area contributed by atoms with E-state index in [-0.39, 0.29) is 29.5 Å². The fraction of sp³-hybridized carbons (Fsp3) is 0.250. The van der Waals surface area contributed by atoms with Gasteiger partial charge < -0.3 is 21.7 Å². The van der Waals surface area contributed by atoms with E-state index in [0.29, 0.717) is 16.9 Å². The summed E-state index contributed by atoms with van der Waals surface area (Å²) in [5, 5.41) is 8.50. The van der Waals surface area contributed by atoms with Gasteiger partial charge in [-0.05, 0) is 57.2 Å². The summed E-state index contributed by atoms with van der Waals surface area (Å²) in [7, 11) is 0. The lowest BCUT2D eigenvalue weighted by atomic mass is 10.1. The molecule has 0 bridgehead atoms. The number of primary amides is 1. The van der Waals surface area contributed by atoms with Gasteiger partial charge in [0.05, 0.1) is 17.8 Å². The summed E-state index contributed by atoms with van der Waals surface area (Å²) in [4.78, 5) is 35.6. The van der Waals surface area contributed by atoms with Crippen molar-refractivity contribution in [2.24, 2.45) is 5.73 Å². The van der Waals surface area contributed by atoms with Crippen molar-refractivity contribution in [2.45, 2.75) is 26.3 Å². The first-order valence-corrected chi connectivity index (χ1v) is 8.51. The first-order valence-electron chi connectivity index (χ1n) is 8.51. The van der Waals surface area contributed by atoms with Crippen LogP contribution in [0, 0.1) is 0 Å². The van der Waals surface area contributed by atoms with Crippen LogP contribution in [0.5, 0.6) is 0 Å². The third kappa shape index (κ3) is 6.14. The van der Waals surface area contributed by atoms with Crippen LogP contribution in [0.2, 0.25) is 0 Å². The molecule has 2 aromatic rings. The van der Waals surface area contributed by atoms with Gasteiger partial charge in [-0.3, -0.25) is 14.4 Å². The van der Waals surface area contributed by atoms with E-state index in [2.05, 4.69) is 16.0 Å². The number of para-hydroxylation sites is 1. The Morgan fingerprint density at radius 2 is 1.59 bits per heavy atom. The van der Waals surface area contributed by atoms with Gasteiger partial charge in [0.25, 0.3) is 11.8 Å². The first-order chi connectivity index (χ1) is 12.7. The van der Waals surface area contributed by atoms with Crippen LogP contribution < -0.4 is 21.7 Å². The lowest BCUT2D eigenvalue weighted by Crippen LogP contribution is -2.40. The number of nitrogens with two attached hydrogens (primary N) is 1. The highest BCUT2D eigenvalue weighted by atomic mass is 16.2. The minimum Gasteiger partial charge on any atom is -0.376 e. The predicted molar refractivity (Wildman–Crippen MR) is 106 cm³/mol. The molecule has 0 atom stereocenters. The van der Waals surface area contributed by atoms with Crippen molar-refractivity contribution < 1.29 is 14.4 Å². The van der Waals surface area contributed by atoms with Crippen molar-refractivity contribution in [3.05, 3.63) is 59.7 Å². The van der Waals surface area contributed by atoms with Crippen LogP contribution in [0.25, 0.3) is 0 Å². The molecule has 0 saturated heterocycles. The van der Waals surface area contributed by atoms with Gasteiger partial charge in [-0.2, -0.15) is 0 Å². The van der Waals surface area contributed by atoms with Gasteiger partial charge >= 0.3 is 0 Å². The SMILES string of the molecule is CC(C)(C)NC(=O)c1ccc(NCC(=O)Nc2ccccc2C(N)=O)cc1. The lowest BCUT2D eigenvalue weighted by Gasteiger charge is -2.20. The standard InChI is InChI=1S/C20H24N4O3/c1-20(2,3)24-19(27)13-8-10-14(11-9-13)22-12-17(25)23-16-7-5-4-6-15(16)18(21)26/h4-11,22H,12H2,1-3H3,(H2,21,26)(H,23,25)(H,24,27). The highest BCUT2D eigenvalue weighted by molar-refractivity contribution is 6.03. The van der Waals surface area contributed by atoms with Crippen molar-refractivity contribution in [3.8, 4) is 0 Å². The summed E-state index contributed by atoms with van der Waals surface area (Å²) in [6, 6.07) is 13.4. The molecule has 2 rings (SSSR count). The van der Waals surface area contributed by atoms with Crippen LogP contribution >= 0.6 is 0 Å². The molecule has 0 aliphatic rings. The van der Waals surface area contributed by atoms with E-state index >= 15 is 0 Å². The van der Waals surface area contributed by atoms with Crippen LogP contribution in [0.3, 0.4) is 0 Å². The molecule has 0 spiro atoms. The third-order valence-electron chi connectivity index (χ3n) is 3.56. The fourth-order valence-electron chi connectivity index (χ4n) is 2.34. The largest absolute Gasteiger partial charge is 0.376 e. The third-order valence-corrected chi connectivity index (χ3v) is 3.56. The number of hydrogen-bond donors (Lipinski definition) is 4. The first kappa shape index (κ1) is 20.0. The highest BCUT2D eigenvalue weighted by Gasteiger charge is 2.15. The Bertz CT molecular complexity index is 839. The zero-order valence-electron chi connectivity index (χ0n) is 15.6. The molecular formula is C20H24N4O3. The Morgan fingerprint density at radius 1 is 0.963 bits per heavy atom. The van der Waals surface area contributed by atoms with Gasteiger partial charge in [-0.15, -0.1) is 0 Å². The smallest absolute Gasteiger partial charge is 0.251 e. The number of anilines is 2. The highest BCUT2D eigenvalue weighted by Crippen LogP contribution is 2.14. The molecule has 0 aliphatic heterocycles. The van der Waals surface area contributed by atoms with Crippen molar-refractivity contribution in [1.29, 1.82) is 0 Å². The minimum absolute atomic E-state index is 0.000625. The van der Waals surface area contributed by atoms with E-state index in [1.165, 1.54) is 0 Å². The van der Waals surface area contributed by atoms with Crippen LogP contribution in [0.15, 0.2) is 48.5 Å². The van der Waals surface area contributed by atoms with Gasteiger partial charge in [0.1, 0.15) is 0 Å². The fourth-order valence-corrected chi connectivity index (χ4v) is 2.34. The van der Waals surface area contributed by atoms with Crippen LogP contribution in [-0.4, -0.2) is 29.8 Å². The van der Waals surface area contributed by atoms with Gasteiger partial charge in [-0.25, -0.2) is 0 Å². The maximum Gasteiger partial charge on any atom is 0.251 e. The lowest BCUT2D eigenvalue weighted by molar-refractivity contribution is -0.114. The molecule has 7 heteroatoms. The number of benzene rings is 2. The molecule has 0 fully saturated rings. The van der Waals surface area contributed by atoms with Crippen molar-refractivity contribution >= 4 is 29.1 Å². The quantitative estimate of drug-likeness (QED) is 0.627. The van der Waals surface area contributed by atoms with Crippen molar-refractivity contribution in [1.82, 2.24) is 5.32 Å². The van der Waals surface area contributed by atoms with Gasteiger partial charge in [-0.1, -0.05) is 12.1 Å². The van der Waals surface area contributed by atoms with Gasteiger partial charge in [0.15, 0.2) is 0 Å². The second kappa shape index (κ2) is 8.35. The Hall–Kier alpha value is -3.35. The van der Waals surface area contributed by atoms with Crippen molar-refractivity contribution in [3.63, 3.8) is 0 Å². The van der Waals surface area contributed by atoms with Gasteiger partial charge in [0, 0.05) is 16.8 Å². The second-order valence-electron chi connectivity index (χ2n) is 7.09. The number of rotatable bonds is 6. The molecule has 7 nitrogen and oxygen atoms in total. The molecular weight excluding hydrogens is 344 g/mol. The number of carbonyl (C=O) groups excluding carboxylic acids is 3. The number of carbonyl (C=O) groups is 3. The second-order valence-corrected chi connectivity index (χ2v) is 7.09. The molecule has 27 heavy (non-hydrogen) atoms. The number of nitrogens with one attached hydrogen (secondary N) is 3. The maximum absolute atomic E-state index is 12.1. The molecule has 142 valence electrons. The van der Waals surface area contributed by atoms with Crippen LogP contribution in [-0.2, 0) is 4.79 Å². The Kier molecular flexibility index (Phi) is 6.18. The van der Waals surface area contributed by atoms with Crippen LogP contribution in [0.4, 0.5) is 11.4 Å². The molecule has 2 aromatic carbocycles. The molecule has 0 saturated carbocycles. The molecule has 0 aromatic heterocycles. The number of hydrogen-bond acceptors (Lipinski definition) is 4. The summed E-state index contributed by atoms with van der Waals surface area (Å²) in [6.07, 6.45) is 0. The molecule has 0 unspecified atom stereocenters. The summed E-state index contributed by atoms with van der Waals surface area (Å²) in [6.45, 7) is 5.74. The van der Waals surface area contributed by atoms with E-state index in [4.69, 9.17) is 5.73 Å². The van der Waals surface area contributed by atoms with E-state index in [0.717, 1.165) is 0 Å². The molecule has 0 radical (unpaired) electrons. The summed E-state index contributed by atoms with van der Waals surface area (Å²) in [5.41, 5.74) is 6.83. The molecule has 0 aliphatic carbocycles. The van der Waals surface area contributed by atoms with E-state index < -0.39 is 5.91 Å². The summed E-state index contributed by atoms with van der Waals surface area (Å²) < 4.78 is 0. The van der Waals surface area contributed by atoms with E-state index in [1.54, 1.807) is 48.5 Å². The summed E-state index contributed by atoms with van der Waals surface area (Å²) >= 11 is 0. The molecule has 5 N–H and O–H groups in total. The summed E-state index contributed by atoms with van der Waals surface area (Å²) in [5.74, 6) is -1.09. The number of amides is 3. The Balaban J connectivity index is 1.92. The average Bonchev–Trinajstić information content (AvgIpc) is 2.59. The zero-order valence-corrected chi connectivity index (χ0v) is 15.6. The Morgan fingerprint density at radius 3 is 2.19 bits per heavy atom. The topological polar surface area (TPSA) is 113 Å². The van der Waals surface area contributed by atoms with E-state index in [9.17, 15) is 14.4 Å². The van der Waals surface area contributed by atoms with Gasteiger partial charge in [0.2, 0.25) is 5.91 Å². The molecule has 3 amide bonds. The average molecular weight is 368 g/mol. The van der Waals surface area contributed by atoms with E-state index in [1.807, 2.05) is 20.8 Å². The molecule has 0 heterocycles. The zero-order chi connectivity index (χ0) is 20.0.